The Morgan fingerprint density at radius 3 is 3.00 bits per heavy atom. The second kappa shape index (κ2) is 6.53. The van der Waals surface area contributed by atoms with Gasteiger partial charge in [-0.1, -0.05) is 6.08 Å². The van der Waals surface area contributed by atoms with Gasteiger partial charge in [0.05, 0.1) is 6.04 Å². The molecule has 0 radical (unpaired) electrons. The van der Waals surface area contributed by atoms with Gasteiger partial charge in [-0.25, -0.2) is 0 Å². The molecule has 2 unspecified atom stereocenters. The zero-order valence-electron chi connectivity index (χ0n) is 12.1. The lowest BCUT2D eigenvalue weighted by molar-refractivity contribution is -0.127. The molecule has 2 aliphatic rings. The first-order valence-electron chi connectivity index (χ1n) is 7.50. The van der Waals surface area contributed by atoms with Gasteiger partial charge in [-0.15, -0.1) is 6.58 Å². The highest BCUT2D eigenvalue weighted by molar-refractivity contribution is 5.81. The largest absolute Gasteiger partial charge is 0.351 e. The molecule has 2 heterocycles. The van der Waals surface area contributed by atoms with Crippen LogP contribution in [-0.4, -0.2) is 49.6 Å². The highest BCUT2D eigenvalue weighted by Crippen LogP contribution is 2.36. The maximum atomic E-state index is 12.1. The predicted molar refractivity (Wildman–Crippen MR) is 78.0 cm³/mol. The van der Waals surface area contributed by atoms with Crippen LogP contribution in [-0.2, 0) is 4.79 Å². The molecular formula is C15H27N3O. The van der Waals surface area contributed by atoms with Crippen molar-refractivity contribution in [2.45, 2.75) is 38.6 Å². The fourth-order valence-electron chi connectivity index (χ4n) is 3.44. The van der Waals surface area contributed by atoms with E-state index in [0.717, 1.165) is 26.2 Å². The summed E-state index contributed by atoms with van der Waals surface area (Å²) in [5.74, 6) is 0.126. The van der Waals surface area contributed by atoms with Crippen molar-refractivity contribution in [2.24, 2.45) is 5.41 Å². The van der Waals surface area contributed by atoms with Gasteiger partial charge in [0.25, 0.3) is 0 Å². The summed E-state index contributed by atoms with van der Waals surface area (Å²) in [6.07, 6.45) is 6.81. The molecule has 2 rings (SSSR count). The van der Waals surface area contributed by atoms with Gasteiger partial charge in [-0.05, 0) is 51.1 Å². The Morgan fingerprint density at radius 1 is 1.53 bits per heavy atom. The number of carbonyl (C=O) groups is 1. The van der Waals surface area contributed by atoms with Gasteiger partial charge >= 0.3 is 0 Å². The van der Waals surface area contributed by atoms with Crippen LogP contribution in [0.2, 0.25) is 0 Å². The van der Waals surface area contributed by atoms with Gasteiger partial charge in [-0.3, -0.25) is 9.69 Å². The fraction of sp³-hybridized carbons (Fsp3) is 0.800. The third kappa shape index (κ3) is 3.57. The summed E-state index contributed by atoms with van der Waals surface area (Å²) in [5.41, 5.74) is 0.406. The van der Waals surface area contributed by atoms with Crippen LogP contribution < -0.4 is 10.6 Å². The summed E-state index contributed by atoms with van der Waals surface area (Å²) in [6, 6.07) is -0.0287. The molecule has 0 aromatic carbocycles. The lowest BCUT2D eigenvalue weighted by Gasteiger charge is -2.47. The Balaban J connectivity index is 1.92. The fourth-order valence-corrected chi connectivity index (χ4v) is 3.44. The Hall–Kier alpha value is -0.870. The normalized spacial score (nSPS) is 29.9. The molecule has 2 atom stereocenters. The van der Waals surface area contributed by atoms with E-state index < -0.39 is 0 Å². The van der Waals surface area contributed by atoms with E-state index in [2.05, 4.69) is 22.1 Å². The number of likely N-dealkylation sites (tertiary alicyclic amines) is 1. The summed E-state index contributed by atoms with van der Waals surface area (Å²) in [6.45, 7) is 10.6. The Bertz CT molecular complexity index is 318. The number of hydrogen-bond donors (Lipinski definition) is 2. The zero-order chi connectivity index (χ0) is 13.7. The maximum absolute atomic E-state index is 12.1. The molecule has 0 aromatic rings. The van der Waals surface area contributed by atoms with Gasteiger partial charge < -0.3 is 10.6 Å². The summed E-state index contributed by atoms with van der Waals surface area (Å²) < 4.78 is 0. The monoisotopic (exact) mass is 265 g/mol. The van der Waals surface area contributed by atoms with Gasteiger partial charge in [0.15, 0.2) is 0 Å². The molecule has 2 aliphatic heterocycles. The Labute approximate surface area is 116 Å². The zero-order valence-corrected chi connectivity index (χ0v) is 12.1. The summed E-state index contributed by atoms with van der Waals surface area (Å²) >= 11 is 0. The number of nitrogens with one attached hydrogen (secondary N) is 2. The van der Waals surface area contributed by atoms with Crippen molar-refractivity contribution in [3.8, 4) is 0 Å². The number of hydrogen-bond acceptors (Lipinski definition) is 3. The Kier molecular flexibility index (Phi) is 4.99. The van der Waals surface area contributed by atoms with Crippen molar-refractivity contribution in [3.05, 3.63) is 12.7 Å². The third-order valence-electron chi connectivity index (χ3n) is 4.60. The van der Waals surface area contributed by atoms with Crippen molar-refractivity contribution in [1.82, 2.24) is 15.5 Å². The molecule has 2 saturated heterocycles. The molecule has 19 heavy (non-hydrogen) atoms. The third-order valence-corrected chi connectivity index (χ3v) is 4.60. The van der Waals surface area contributed by atoms with E-state index in [9.17, 15) is 4.79 Å². The topological polar surface area (TPSA) is 44.4 Å². The first-order chi connectivity index (χ1) is 9.17. The number of amides is 1. The number of carbonyl (C=O) groups excluding carboxylic acids is 1. The molecule has 2 N–H and O–H groups in total. The summed E-state index contributed by atoms with van der Waals surface area (Å²) in [5, 5.41) is 6.43. The van der Waals surface area contributed by atoms with Crippen LogP contribution in [0.5, 0.6) is 0 Å². The minimum atomic E-state index is -0.0287. The van der Waals surface area contributed by atoms with Crippen LogP contribution in [0.1, 0.15) is 32.6 Å². The van der Waals surface area contributed by atoms with E-state index in [4.69, 9.17) is 0 Å². The first kappa shape index (κ1) is 14.5. The summed E-state index contributed by atoms with van der Waals surface area (Å²) in [7, 11) is 0. The Morgan fingerprint density at radius 2 is 2.32 bits per heavy atom. The molecular weight excluding hydrogens is 238 g/mol. The van der Waals surface area contributed by atoms with Crippen LogP contribution in [0, 0.1) is 5.41 Å². The van der Waals surface area contributed by atoms with Crippen LogP contribution in [0.4, 0.5) is 0 Å². The second-order valence-corrected chi connectivity index (χ2v) is 6.06. The number of piperidine rings is 2. The standard InChI is InChI=1S/C15H27N3O/c1-3-8-17-14(19)13(2)18-10-5-7-15(12-18)6-4-9-16-11-15/h3,13,16H,1,4-12H2,2H3,(H,17,19). The highest BCUT2D eigenvalue weighted by Gasteiger charge is 2.38. The van der Waals surface area contributed by atoms with Crippen molar-refractivity contribution in [2.75, 3.05) is 32.7 Å². The average molecular weight is 265 g/mol. The molecule has 0 bridgehead atoms. The van der Waals surface area contributed by atoms with E-state index in [1.165, 1.54) is 25.7 Å². The predicted octanol–water partition coefficient (Wildman–Crippen LogP) is 1.14. The van der Waals surface area contributed by atoms with E-state index in [-0.39, 0.29) is 11.9 Å². The van der Waals surface area contributed by atoms with E-state index >= 15 is 0 Å². The van der Waals surface area contributed by atoms with Crippen LogP contribution >= 0.6 is 0 Å². The lowest BCUT2D eigenvalue weighted by atomic mass is 9.74. The highest BCUT2D eigenvalue weighted by atomic mass is 16.2. The average Bonchev–Trinajstić information content (AvgIpc) is 2.45. The molecule has 1 spiro atoms. The second-order valence-electron chi connectivity index (χ2n) is 6.06. The van der Waals surface area contributed by atoms with Crippen LogP contribution in [0.15, 0.2) is 12.7 Å². The van der Waals surface area contributed by atoms with E-state index in [1.807, 2.05) is 6.92 Å². The van der Waals surface area contributed by atoms with E-state index in [1.54, 1.807) is 6.08 Å². The van der Waals surface area contributed by atoms with Crippen molar-refractivity contribution in [1.29, 1.82) is 0 Å². The molecule has 0 saturated carbocycles. The van der Waals surface area contributed by atoms with E-state index in [0.29, 0.717) is 12.0 Å². The van der Waals surface area contributed by atoms with Gasteiger partial charge in [0.1, 0.15) is 0 Å². The molecule has 0 aliphatic carbocycles. The number of rotatable bonds is 4. The number of nitrogens with zero attached hydrogens (tertiary/aromatic N) is 1. The van der Waals surface area contributed by atoms with Crippen molar-refractivity contribution >= 4 is 5.91 Å². The van der Waals surface area contributed by atoms with Crippen molar-refractivity contribution in [3.63, 3.8) is 0 Å². The molecule has 2 fully saturated rings. The lowest BCUT2D eigenvalue weighted by Crippen LogP contribution is -2.56. The minimum absolute atomic E-state index is 0.0287. The van der Waals surface area contributed by atoms with Crippen molar-refractivity contribution < 1.29 is 4.79 Å². The van der Waals surface area contributed by atoms with Gasteiger partial charge in [0.2, 0.25) is 5.91 Å². The quantitative estimate of drug-likeness (QED) is 0.749. The van der Waals surface area contributed by atoms with Gasteiger partial charge in [0, 0.05) is 19.6 Å². The van der Waals surface area contributed by atoms with Crippen LogP contribution in [0.25, 0.3) is 0 Å². The van der Waals surface area contributed by atoms with Gasteiger partial charge in [-0.2, -0.15) is 0 Å². The first-order valence-corrected chi connectivity index (χ1v) is 7.50. The minimum Gasteiger partial charge on any atom is -0.351 e. The maximum Gasteiger partial charge on any atom is 0.237 e. The molecule has 4 heteroatoms. The summed E-state index contributed by atoms with van der Waals surface area (Å²) in [4.78, 5) is 14.4. The van der Waals surface area contributed by atoms with Crippen LogP contribution in [0.3, 0.4) is 0 Å². The SMILES string of the molecule is C=CCNC(=O)C(C)N1CCCC2(CCCNC2)C1. The molecule has 0 aromatic heterocycles. The molecule has 108 valence electrons. The smallest absolute Gasteiger partial charge is 0.237 e. The molecule has 4 nitrogen and oxygen atoms in total. The molecule has 1 amide bonds.